The number of nitrogens with one attached hydrogen (secondary N) is 2. The Morgan fingerprint density at radius 2 is 1.59 bits per heavy atom. The molecule has 2 N–H and O–H groups in total. The zero-order valence-corrected chi connectivity index (χ0v) is 20.3. The third kappa shape index (κ3) is 6.51. The van der Waals surface area contributed by atoms with Gasteiger partial charge in [0.2, 0.25) is 11.7 Å². The average Bonchev–Trinajstić information content (AvgIpc) is 2.98. The highest BCUT2D eigenvalue weighted by Crippen LogP contribution is 2.33. The molecule has 3 rings (SSSR count). The van der Waals surface area contributed by atoms with Gasteiger partial charge in [-0.1, -0.05) is 30.3 Å². The van der Waals surface area contributed by atoms with E-state index in [9.17, 15) is 33.6 Å². The molecule has 1 heterocycles. The molecular weight excluding hydrogens is 480 g/mol. The molecule has 0 aliphatic carbocycles. The Kier molecular flexibility index (Phi) is 8.62. The van der Waals surface area contributed by atoms with Crippen molar-refractivity contribution < 1.29 is 33.6 Å². The Labute approximate surface area is 212 Å². The summed E-state index contributed by atoms with van der Waals surface area (Å²) in [6, 6.07) is 11.9. The van der Waals surface area contributed by atoms with Crippen molar-refractivity contribution in [1.29, 1.82) is 0 Å². The summed E-state index contributed by atoms with van der Waals surface area (Å²) in [7, 11) is 0. The molecule has 0 saturated heterocycles. The first-order chi connectivity index (χ1) is 17.6. The van der Waals surface area contributed by atoms with Crippen LogP contribution in [0, 0.1) is 0 Å². The second-order valence-corrected chi connectivity index (χ2v) is 8.49. The van der Waals surface area contributed by atoms with E-state index in [-0.39, 0.29) is 35.7 Å². The molecule has 37 heavy (non-hydrogen) atoms. The molecule has 1 aliphatic heterocycles. The third-order valence-electron chi connectivity index (χ3n) is 5.60. The third-order valence-corrected chi connectivity index (χ3v) is 5.60. The molecule has 0 saturated carbocycles. The van der Waals surface area contributed by atoms with Crippen LogP contribution in [0.1, 0.15) is 30.6 Å². The van der Waals surface area contributed by atoms with Gasteiger partial charge in [0.05, 0.1) is 24.0 Å². The highest BCUT2D eigenvalue weighted by Gasteiger charge is 2.38. The van der Waals surface area contributed by atoms with E-state index < -0.39 is 48.0 Å². The molecule has 11 heteroatoms. The first kappa shape index (κ1) is 26.9. The van der Waals surface area contributed by atoms with Crippen LogP contribution in [0.5, 0.6) is 0 Å². The molecule has 2 atom stereocenters. The Morgan fingerprint density at radius 1 is 0.973 bits per heavy atom. The van der Waals surface area contributed by atoms with Crippen molar-refractivity contribution in [3.05, 3.63) is 60.2 Å². The number of rotatable bonds is 9. The molecule has 2 aromatic rings. The summed E-state index contributed by atoms with van der Waals surface area (Å²) in [5, 5.41) is 5.00. The van der Waals surface area contributed by atoms with Crippen LogP contribution in [0.3, 0.4) is 0 Å². The average molecular weight is 507 g/mol. The largest absolute Gasteiger partial charge is 0.345 e. The van der Waals surface area contributed by atoms with Crippen LogP contribution in [-0.4, -0.2) is 66.7 Å². The van der Waals surface area contributed by atoms with Gasteiger partial charge >= 0.3 is 0 Å². The first-order valence-electron chi connectivity index (χ1n) is 11.4. The standard InChI is InChI=1S/C26H26N4O7/c1-16(32)12-19(15-31)27-23(34)14-30-22-11-7-6-10-21(22)29(25(36)17(2)33)13-20(26(30)37)28-24(35)18-8-4-3-5-9-18/h3-11,15,19-20H,12-14H2,1-2H3,(H,27,34)(H,28,35)/t19-,20-/m0/s1. The topological polar surface area (TPSA) is 150 Å². The van der Waals surface area contributed by atoms with Crippen molar-refractivity contribution in [2.75, 3.05) is 22.9 Å². The first-order valence-corrected chi connectivity index (χ1v) is 11.4. The van der Waals surface area contributed by atoms with Gasteiger partial charge in [0.1, 0.15) is 24.7 Å². The van der Waals surface area contributed by atoms with Crippen molar-refractivity contribution in [3.63, 3.8) is 0 Å². The van der Waals surface area contributed by atoms with Crippen LogP contribution in [0.25, 0.3) is 0 Å². The number of amides is 4. The summed E-state index contributed by atoms with van der Waals surface area (Å²) < 4.78 is 0. The van der Waals surface area contributed by atoms with E-state index in [1.807, 2.05) is 0 Å². The Balaban J connectivity index is 1.99. The van der Waals surface area contributed by atoms with Crippen LogP contribution in [0.4, 0.5) is 11.4 Å². The summed E-state index contributed by atoms with van der Waals surface area (Å²) in [5.74, 6) is -4.02. The zero-order valence-electron chi connectivity index (χ0n) is 20.3. The van der Waals surface area contributed by atoms with E-state index >= 15 is 0 Å². The SMILES string of the molecule is CC(=O)C[C@@H](C=O)NC(=O)CN1C(=O)[C@@H](NC(=O)c2ccccc2)CN(C(=O)C(C)=O)c2ccccc21. The number of carbonyl (C=O) groups excluding carboxylic acids is 7. The Hall–Kier alpha value is -4.67. The van der Waals surface area contributed by atoms with Gasteiger partial charge in [-0.15, -0.1) is 0 Å². The van der Waals surface area contributed by atoms with Gasteiger partial charge in [0.15, 0.2) is 0 Å². The predicted molar refractivity (Wildman–Crippen MR) is 133 cm³/mol. The molecule has 1 aliphatic rings. The fraction of sp³-hybridized carbons (Fsp3) is 0.269. The minimum atomic E-state index is -1.31. The number of para-hydroxylation sites is 2. The molecule has 2 aromatic carbocycles. The van der Waals surface area contributed by atoms with Crippen molar-refractivity contribution in [2.24, 2.45) is 0 Å². The maximum atomic E-state index is 13.7. The number of hydrogen-bond donors (Lipinski definition) is 2. The van der Waals surface area contributed by atoms with E-state index in [1.165, 1.54) is 19.1 Å². The van der Waals surface area contributed by atoms with E-state index in [2.05, 4.69) is 10.6 Å². The number of Topliss-reactive ketones (excluding diaryl/α,β-unsaturated/α-hetero) is 2. The Morgan fingerprint density at radius 3 is 2.19 bits per heavy atom. The second kappa shape index (κ2) is 11.8. The molecule has 0 aromatic heterocycles. The minimum absolute atomic E-state index is 0.155. The number of ketones is 2. The van der Waals surface area contributed by atoms with Crippen LogP contribution < -0.4 is 20.4 Å². The zero-order chi connectivity index (χ0) is 27.1. The molecule has 0 bridgehead atoms. The number of aldehydes is 1. The van der Waals surface area contributed by atoms with Crippen LogP contribution in [0.15, 0.2) is 54.6 Å². The highest BCUT2D eigenvalue weighted by molar-refractivity contribution is 6.41. The Bertz CT molecular complexity index is 1240. The maximum absolute atomic E-state index is 13.7. The van der Waals surface area contributed by atoms with Crippen molar-refractivity contribution in [2.45, 2.75) is 32.4 Å². The minimum Gasteiger partial charge on any atom is -0.345 e. The quantitative estimate of drug-likeness (QED) is 0.370. The normalized spacial score (nSPS) is 15.6. The monoisotopic (exact) mass is 506 g/mol. The van der Waals surface area contributed by atoms with Crippen molar-refractivity contribution in [3.8, 4) is 0 Å². The van der Waals surface area contributed by atoms with E-state index in [0.717, 1.165) is 16.7 Å². The van der Waals surface area contributed by atoms with Crippen LogP contribution in [-0.2, 0) is 28.8 Å². The van der Waals surface area contributed by atoms with Gasteiger partial charge in [-0.2, -0.15) is 0 Å². The second-order valence-electron chi connectivity index (χ2n) is 8.49. The number of benzene rings is 2. The van der Waals surface area contributed by atoms with Gasteiger partial charge in [-0.05, 0) is 31.2 Å². The van der Waals surface area contributed by atoms with Crippen LogP contribution >= 0.6 is 0 Å². The lowest BCUT2D eigenvalue weighted by molar-refractivity contribution is -0.135. The van der Waals surface area contributed by atoms with E-state index in [4.69, 9.17) is 0 Å². The lowest BCUT2D eigenvalue weighted by atomic mass is 10.1. The number of hydrogen-bond acceptors (Lipinski definition) is 7. The van der Waals surface area contributed by atoms with Crippen molar-refractivity contribution >= 4 is 52.9 Å². The predicted octanol–water partition coefficient (Wildman–Crippen LogP) is 0.417. The van der Waals surface area contributed by atoms with E-state index in [1.54, 1.807) is 42.5 Å². The fourth-order valence-corrected chi connectivity index (χ4v) is 3.91. The summed E-state index contributed by atoms with van der Waals surface area (Å²) in [4.78, 5) is 89.0. The molecule has 11 nitrogen and oxygen atoms in total. The number of carbonyl (C=O) groups is 7. The molecule has 0 fully saturated rings. The summed E-state index contributed by atoms with van der Waals surface area (Å²) in [5.41, 5.74) is 0.614. The number of nitrogens with zero attached hydrogens (tertiary/aromatic N) is 2. The number of fused-ring (bicyclic) bond motifs is 1. The smallest absolute Gasteiger partial charge is 0.294 e. The summed E-state index contributed by atoms with van der Waals surface area (Å²) in [6.07, 6.45) is 0.212. The summed E-state index contributed by atoms with van der Waals surface area (Å²) >= 11 is 0. The molecule has 0 radical (unpaired) electrons. The van der Waals surface area contributed by atoms with Gasteiger partial charge in [-0.25, -0.2) is 0 Å². The highest BCUT2D eigenvalue weighted by atomic mass is 16.2. The molecule has 0 spiro atoms. The molecule has 4 amide bonds. The van der Waals surface area contributed by atoms with Gasteiger partial charge in [0.25, 0.3) is 17.7 Å². The summed E-state index contributed by atoms with van der Waals surface area (Å²) in [6.45, 7) is 1.44. The lowest BCUT2D eigenvalue weighted by Crippen LogP contribution is -2.55. The van der Waals surface area contributed by atoms with E-state index in [0.29, 0.717) is 6.29 Å². The molecular formula is C26H26N4O7. The molecule has 192 valence electrons. The van der Waals surface area contributed by atoms with Gasteiger partial charge in [-0.3, -0.25) is 33.7 Å². The molecule has 0 unspecified atom stereocenters. The van der Waals surface area contributed by atoms with Crippen molar-refractivity contribution in [1.82, 2.24) is 10.6 Å². The van der Waals surface area contributed by atoms with Crippen LogP contribution in [0.2, 0.25) is 0 Å². The van der Waals surface area contributed by atoms with Gasteiger partial charge < -0.3 is 20.3 Å². The maximum Gasteiger partial charge on any atom is 0.294 e. The van der Waals surface area contributed by atoms with Gasteiger partial charge in [0, 0.05) is 18.9 Å². The number of anilines is 2. The lowest BCUT2D eigenvalue weighted by Gasteiger charge is -2.25. The fourth-order valence-electron chi connectivity index (χ4n) is 3.91.